The maximum absolute atomic E-state index is 12.9. The van der Waals surface area contributed by atoms with Gasteiger partial charge < -0.3 is 24.2 Å². The predicted octanol–water partition coefficient (Wildman–Crippen LogP) is 4.68. The molecule has 1 N–H and O–H groups in total. The third kappa shape index (κ3) is 6.29. The van der Waals surface area contributed by atoms with E-state index in [9.17, 15) is 9.90 Å². The second-order valence-corrected chi connectivity index (χ2v) is 10.0. The number of aliphatic hydroxyl groups is 1. The van der Waals surface area contributed by atoms with Crippen molar-refractivity contribution in [2.45, 2.75) is 50.9 Å². The second kappa shape index (κ2) is 11.3. The van der Waals surface area contributed by atoms with Crippen LogP contribution < -0.4 is 9.47 Å². The number of hydrogen-bond donors (Lipinski definition) is 1. The molecule has 0 radical (unpaired) electrons. The van der Waals surface area contributed by atoms with Crippen LogP contribution in [0.25, 0.3) is 0 Å². The highest BCUT2D eigenvalue weighted by atomic mass is 16.5. The standard InChI is InChI=1S/C30H34N2O5/c1-20(33)17-36-18-22-11-12-31-27(13-22)30(34)32-15-26(16-32)25-9-10-28(29(14-25)35-2)37-19-21-3-5-23(6-4-21)24-7-8-24/h3-6,9-14,20,24,26,33H,7-8,15-19H2,1-2H3. The van der Waals surface area contributed by atoms with E-state index in [1.54, 1.807) is 31.2 Å². The van der Waals surface area contributed by atoms with Crippen molar-refractivity contribution < 1.29 is 24.1 Å². The molecule has 1 aliphatic heterocycles. The average molecular weight is 503 g/mol. The first-order chi connectivity index (χ1) is 18.0. The number of pyridine rings is 1. The van der Waals surface area contributed by atoms with Crippen LogP contribution in [-0.4, -0.2) is 53.8 Å². The summed E-state index contributed by atoms with van der Waals surface area (Å²) in [5, 5.41) is 9.34. The molecule has 7 heteroatoms. The average Bonchev–Trinajstić information content (AvgIpc) is 3.73. The van der Waals surface area contributed by atoms with E-state index < -0.39 is 6.10 Å². The van der Waals surface area contributed by atoms with Crippen molar-refractivity contribution in [3.8, 4) is 11.5 Å². The number of likely N-dealkylation sites (tertiary alicyclic amines) is 1. The number of carbonyl (C=O) groups excluding carboxylic acids is 1. The minimum absolute atomic E-state index is 0.0896. The second-order valence-electron chi connectivity index (χ2n) is 10.0. The van der Waals surface area contributed by atoms with Gasteiger partial charge in [0.05, 0.1) is 26.4 Å². The minimum Gasteiger partial charge on any atom is -0.493 e. The highest BCUT2D eigenvalue weighted by Crippen LogP contribution is 2.40. The molecule has 194 valence electrons. The quantitative estimate of drug-likeness (QED) is 0.410. The molecular formula is C30H34N2O5. The molecule has 1 atom stereocenters. The lowest BCUT2D eigenvalue weighted by molar-refractivity contribution is 0.0374. The van der Waals surface area contributed by atoms with Gasteiger partial charge in [0.2, 0.25) is 0 Å². The van der Waals surface area contributed by atoms with Crippen molar-refractivity contribution >= 4 is 5.91 Å². The molecule has 0 spiro atoms. The number of carbonyl (C=O) groups is 1. The summed E-state index contributed by atoms with van der Waals surface area (Å²) in [7, 11) is 1.65. The predicted molar refractivity (Wildman–Crippen MR) is 140 cm³/mol. The number of hydrogen-bond acceptors (Lipinski definition) is 6. The normalized spacial score (nSPS) is 16.2. The van der Waals surface area contributed by atoms with Crippen molar-refractivity contribution in [3.05, 3.63) is 88.7 Å². The fourth-order valence-corrected chi connectivity index (χ4v) is 4.57. The van der Waals surface area contributed by atoms with Crippen LogP contribution in [0.2, 0.25) is 0 Å². The molecular weight excluding hydrogens is 468 g/mol. The minimum atomic E-state index is -0.524. The van der Waals surface area contributed by atoms with Crippen LogP contribution in [0.4, 0.5) is 0 Å². The Morgan fingerprint density at radius 2 is 1.73 bits per heavy atom. The van der Waals surface area contributed by atoms with Crippen LogP contribution in [0, 0.1) is 0 Å². The molecule has 5 rings (SSSR count). The van der Waals surface area contributed by atoms with Crippen molar-refractivity contribution in [3.63, 3.8) is 0 Å². The molecule has 3 aromatic rings. The summed E-state index contributed by atoms with van der Waals surface area (Å²) in [6.45, 7) is 3.99. The Morgan fingerprint density at radius 3 is 2.43 bits per heavy atom. The number of aliphatic hydroxyl groups excluding tert-OH is 1. The van der Waals surface area contributed by atoms with Gasteiger partial charge in [0.25, 0.3) is 5.91 Å². The fourth-order valence-electron chi connectivity index (χ4n) is 4.57. The monoisotopic (exact) mass is 502 g/mol. The molecule has 1 saturated heterocycles. The van der Waals surface area contributed by atoms with Crippen LogP contribution in [0.3, 0.4) is 0 Å². The Labute approximate surface area is 218 Å². The Balaban J connectivity index is 1.15. The first kappa shape index (κ1) is 25.2. The van der Waals surface area contributed by atoms with E-state index in [0.717, 1.165) is 22.6 Å². The van der Waals surface area contributed by atoms with E-state index in [4.69, 9.17) is 14.2 Å². The lowest BCUT2D eigenvalue weighted by Crippen LogP contribution is -2.48. The topological polar surface area (TPSA) is 81.1 Å². The van der Waals surface area contributed by atoms with Crippen LogP contribution in [-0.2, 0) is 18.0 Å². The lowest BCUT2D eigenvalue weighted by Gasteiger charge is -2.39. The van der Waals surface area contributed by atoms with Gasteiger partial charge in [-0.2, -0.15) is 0 Å². The SMILES string of the molecule is COc1cc(C2CN(C(=O)c3cc(COCC(C)O)ccn3)C2)ccc1OCc1ccc(C2CC2)cc1. The molecule has 2 aliphatic rings. The van der Waals surface area contributed by atoms with Crippen LogP contribution in [0.1, 0.15) is 64.3 Å². The third-order valence-corrected chi connectivity index (χ3v) is 6.92. The smallest absolute Gasteiger partial charge is 0.272 e. The summed E-state index contributed by atoms with van der Waals surface area (Å²) in [6.07, 6.45) is 3.70. The summed E-state index contributed by atoms with van der Waals surface area (Å²) < 4.78 is 17.1. The van der Waals surface area contributed by atoms with Crippen molar-refractivity contribution in [1.29, 1.82) is 0 Å². The molecule has 1 aromatic heterocycles. The number of methoxy groups -OCH3 is 1. The van der Waals surface area contributed by atoms with Gasteiger partial charge in [0, 0.05) is 25.2 Å². The molecule has 2 aromatic carbocycles. The van der Waals surface area contributed by atoms with Gasteiger partial charge in [-0.25, -0.2) is 0 Å². The van der Waals surface area contributed by atoms with Gasteiger partial charge in [-0.1, -0.05) is 30.3 Å². The number of nitrogens with zero attached hydrogens (tertiary/aromatic N) is 2. The van der Waals surface area contributed by atoms with E-state index in [1.165, 1.54) is 18.4 Å². The highest BCUT2D eigenvalue weighted by Gasteiger charge is 2.33. The third-order valence-electron chi connectivity index (χ3n) is 6.92. The molecule has 0 bridgehead atoms. The maximum Gasteiger partial charge on any atom is 0.272 e. The zero-order valence-electron chi connectivity index (χ0n) is 21.4. The van der Waals surface area contributed by atoms with E-state index in [1.807, 2.05) is 18.2 Å². The Kier molecular flexibility index (Phi) is 7.72. The van der Waals surface area contributed by atoms with Crippen LogP contribution in [0.15, 0.2) is 60.8 Å². The Morgan fingerprint density at radius 1 is 0.973 bits per heavy atom. The number of benzene rings is 2. The zero-order chi connectivity index (χ0) is 25.8. The molecule has 2 heterocycles. The molecule has 7 nitrogen and oxygen atoms in total. The van der Waals surface area contributed by atoms with Crippen molar-refractivity contribution in [1.82, 2.24) is 9.88 Å². The van der Waals surface area contributed by atoms with Gasteiger partial charge in [-0.05, 0) is 72.2 Å². The van der Waals surface area contributed by atoms with Gasteiger partial charge in [0.15, 0.2) is 11.5 Å². The lowest BCUT2D eigenvalue weighted by atomic mass is 9.91. The van der Waals surface area contributed by atoms with Crippen molar-refractivity contribution in [2.24, 2.45) is 0 Å². The molecule has 1 saturated carbocycles. The number of rotatable bonds is 11. The maximum atomic E-state index is 12.9. The molecule has 37 heavy (non-hydrogen) atoms. The summed E-state index contributed by atoms with van der Waals surface area (Å²) in [6, 6.07) is 18.3. The van der Waals surface area contributed by atoms with Crippen LogP contribution in [0.5, 0.6) is 11.5 Å². The van der Waals surface area contributed by atoms with Crippen LogP contribution >= 0.6 is 0 Å². The van der Waals surface area contributed by atoms with E-state index in [0.29, 0.717) is 43.5 Å². The number of ether oxygens (including phenoxy) is 3. The zero-order valence-corrected chi connectivity index (χ0v) is 21.4. The summed E-state index contributed by atoms with van der Waals surface area (Å²) in [4.78, 5) is 19.0. The Bertz CT molecular complexity index is 1220. The Hall–Kier alpha value is -3.42. The number of aromatic nitrogens is 1. The first-order valence-electron chi connectivity index (χ1n) is 12.9. The van der Waals surface area contributed by atoms with Crippen molar-refractivity contribution in [2.75, 3.05) is 26.8 Å². The van der Waals surface area contributed by atoms with Gasteiger partial charge in [-0.3, -0.25) is 9.78 Å². The summed E-state index contributed by atoms with van der Waals surface area (Å²) in [5.74, 6) is 2.31. The van der Waals surface area contributed by atoms with E-state index in [-0.39, 0.29) is 18.4 Å². The largest absolute Gasteiger partial charge is 0.493 e. The molecule has 1 aliphatic carbocycles. The van der Waals surface area contributed by atoms with Gasteiger partial charge >= 0.3 is 0 Å². The summed E-state index contributed by atoms with van der Waals surface area (Å²) >= 11 is 0. The number of amides is 1. The van der Waals surface area contributed by atoms with Gasteiger partial charge in [-0.15, -0.1) is 0 Å². The van der Waals surface area contributed by atoms with E-state index in [2.05, 4.69) is 35.3 Å². The highest BCUT2D eigenvalue weighted by molar-refractivity contribution is 5.93. The molecule has 1 amide bonds. The molecule has 2 fully saturated rings. The fraction of sp³-hybridized carbons (Fsp3) is 0.400. The summed E-state index contributed by atoms with van der Waals surface area (Å²) in [5.41, 5.74) is 4.94. The van der Waals surface area contributed by atoms with E-state index >= 15 is 0 Å². The molecule has 1 unspecified atom stereocenters. The van der Waals surface area contributed by atoms with Gasteiger partial charge in [0.1, 0.15) is 12.3 Å². The first-order valence-corrected chi connectivity index (χ1v) is 12.9.